The predicted octanol–water partition coefficient (Wildman–Crippen LogP) is 1.77. The first kappa shape index (κ1) is 14.9. The monoisotopic (exact) mass is 343 g/mol. The molecule has 0 saturated carbocycles. The molecule has 17 heavy (non-hydrogen) atoms. The first-order chi connectivity index (χ1) is 7.79. The largest absolute Gasteiger partial charge is 0.259 e. The van der Waals surface area contributed by atoms with Gasteiger partial charge in [-0.1, -0.05) is 41.4 Å². The molecule has 98 valence electrons. The average Bonchev–Trinajstić information content (AvgIpc) is 2.55. The Morgan fingerprint density at radius 2 is 2.18 bits per heavy atom. The summed E-state index contributed by atoms with van der Waals surface area (Å²) in [6.45, 7) is 3.89. The molecule has 1 atom stereocenters. The molecule has 0 aliphatic heterocycles. The van der Waals surface area contributed by atoms with Crippen molar-refractivity contribution in [3.8, 4) is 0 Å². The number of halogens is 2. The number of nitrogens with one attached hydrogen (secondary N) is 1. The summed E-state index contributed by atoms with van der Waals surface area (Å²) in [7, 11) is -2.11. The molecule has 0 amide bonds. The van der Waals surface area contributed by atoms with E-state index in [0.29, 0.717) is 5.33 Å². The van der Waals surface area contributed by atoms with Gasteiger partial charge in [-0.25, -0.2) is 13.1 Å². The standard InChI is InChI=1S/C9H15BrClN3O2S/c1-6(2)8(4-10)13-17(15,16)9-7(11)5-12-14(9)3/h5-6,8,13H,4H2,1-3H3. The summed E-state index contributed by atoms with van der Waals surface area (Å²) in [5.74, 6) is 0.177. The fourth-order valence-corrected chi connectivity index (χ4v) is 4.47. The van der Waals surface area contributed by atoms with E-state index in [9.17, 15) is 8.42 Å². The minimum atomic E-state index is -3.65. The normalized spacial score (nSPS) is 14.2. The van der Waals surface area contributed by atoms with Crippen LogP contribution in [0.1, 0.15) is 13.8 Å². The van der Waals surface area contributed by atoms with Crippen LogP contribution in [0.3, 0.4) is 0 Å². The number of alkyl halides is 1. The zero-order valence-electron chi connectivity index (χ0n) is 9.81. The van der Waals surface area contributed by atoms with Crippen molar-refractivity contribution >= 4 is 37.6 Å². The van der Waals surface area contributed by atoms with E-state index in [1.54, 1.807) is 7.05 Å². The molecule has 0 aliphatic rings. The van der Waals surface area contributed by atoms with Crippen LogP contribution in [-0.2, 0) is 17.1 Å². The number of aryl methyl sites for hydroxylation is 1. The summed E-state index contributed by atoms with van der Waals surface area (Å²) in [5.41, 5.74) is 0. The zero-order chi connectivity index (χ0) is 13.2. The molecular weight excluding hydrogens is 330 g/mol. The van der Waals surface area contributed by atoms with Gasteiger partial charge in [0.05, 0.1) is 11.2 Å². The molecule has 1 aromatic rings. The maximum absolute atomic E-state index is 12.1. The van der Waals surface area contributed by atoms with Crippen molar-refractivity contribution in [3.63, 3.8) is 0 Å². The molecule has 0 radical (unpaired) electrons. The van der Waals surface area contributed by atoms with Crippen LogP contribution in [0.25, 0.3) is 0 Å². The molecule has 5 nitrogen and oxygen atoms in total. The number of rotatable bonds is 5. The van der Waals surface area contributed by atoms with Gasteiger partial charge in [0.15, 0.2) is 5.03 Å². The third-order valence-electron chi connectivity index (χ3n) is 2.37. The Morgan fingerprint density at radius 1 is 1.59 bits per heavy atom. The lowest BCUT2D eigenvalue weighted by molar-refractivity contribution is 0.479. The van der Waals surface area contributed by atoms with Gasteiger partial charge < -0.3 is 0 Å². The Hall–Kier alpha value is -0.110. The third-order valence-corrected chi connectivity index (χ3v) is 5.07. The number of nitrogens with zero attached hydrogens (tertiary/aromatic N) is 2. The van der Waals surface area contributed by atoms with Gasteiger partial charge in [0.2, 0.25) is 0 Å². The van der Waals surface area contributed by atoms with Crippen LogP contribution < -0.4 is 4.72 Å². The van der Waals surface area contributed by atoms with Crippen molar-refractivity contribution in [2.75, 3.05) is 5.33 Å². The lowest BCUT2D eigenvalue weighted by atomic mass is 10.1. The molecule has 0 fully saturated rings. The van der Waals surface area contributed by atoms with Crippen molar-refractivity contribution < 1.29 is 8.42 Å². The summed E-state index contributed by atoms with van der Waals surface area (Å²) >= 11 is 9.11. The number of aromatic nitrogens is 2. The van der Waals surface area contributed by atoms with Crippen LogP contribution in [0.15, 0.2) is 11.2 Å². The molecule has 8 heteroatoms. The van der Waals surface area contributed by atoms with Crippen molar-refractivity contribution in [2.45, 2.75) is 24.9 Å². The number of hydrogen-bond donors (Lipinski definition) is 1. The van der Waals surface area contributed by atoms with Crippen LogP contribution in [0.4, 0.5) is 0 Å². The summed E-state index contributed by atoms with van der Waals surface area (Å²) in [6, 6.07) is -0.189. The first-order valence-electron chi connectivity index (χ1n) is 5.05. The first-order valence-corrected chi connectivity index (χ1v) is 8.03. The van der Waals surface area contributed by atoms with E-state index in [2.05, 4.69) is 25.8 Å². The smallest absolute Gasteiger partial charge is 0.255 e. The van der Waals surface area contributed by atoms with Gasteiger partial charge in [-0.15, -0.1) is 0 Å². The van der Waals surface area contributed by atoms with E-state index in [1.807, 2.05) is 13.8 Å². The molecule has 1 aromatic heterocycles. The van der Waals surface area contributed by atoms with Crippen LogP contribution in [0.2, 0.25) is 5.02 Å². The van der Waals surface area contributed by atoms with Crippen molar-refractivity contribution in [1.82, 2.24) is 14.5 Å². The highest BCUT2D eigenvalue weighted by Gasteiger charge is 2.26. The van der Waals surface area contributed by atoms with Gasteiger partial charge in [0.1, 0.15) is 0 Å². The maximum Gasteiger partial charge on any atom is 0.259 e. The zero-order valence-corrected chi connectivity index (χ0v) is 13.0. The summed E-state index contributed by atoms with van der Waals surface area (Å²) in [4.78, 5) is 0. The van der Waals surface area contributed by atoms with Crippen molar-refractivity contribution in [2.24, 2.45) is 13.0 Å². The minimum absolute atomic E-state index is 0.00855. The molecule has 0 bridgehead atoms. The fourth-order valence-electron chi connectivity index (χ4n) is 1.30. The Balaban J connectivity index is 3.05. The van der Waals surface area contributed by atoms with Gasteiger partial charge in [0, 0.05) is 18.4 Å². The van der Waals surface area contributed by atoms with E-state index in [1.165, 1.54) is 10.9 Å². The van der Waals surface area contributed by atoms with Gasteiger partial charge in [-0.05, 0) is 5.92 Å². The highest BCUT2D eigenvalue weighted by atomic mass is 79.9. The van der Waals surface area contributed by atoms with Gasteiger partial charge in [-0.3, -0.25) is 4.68 Å². The van der Waals surface area contributed by atoms with E-state index in [-0.39, 0.29) is 22.0 Å². The Kier molecular flexibility index (Phi) is 5.00. The molecule has 1 unspecified atom stereocenters. The molecule has 0 aromatic carbocycles. The highest BCUT2D eigenvalue weighted by Crippen LogP contribution is 2.20. The molecule has 1 heterocycles. The number of sulfonamides is 1. The van der Waals surface area contributed by atoms with Crippen LogP contribution in [-0.4, -0.2) is 29.6 Å². The van der Waals surface area contributed by atoms with Crippen molar-refractivity contribution in [1.29, 1.82) is 0 Å². The lowest BCUT2D eigenvalue weighted by Crippen LogP contribution is -2.40. The molecule has 0 spiro atoms. The number of hydrogen-bond acceptors (Lipinski definition) is 3. The second-order valence-electron chi connectivity index (χ2n) is 4.05. The Morgan fingerprint density at radius 3 is 2.53 bits per heavy atom. The lowest BCUT2D eigenvalue weighted by Gasteiger charge is -2.19. The van der Waals surface area contributed by atoms with Gasteiger partial charge in [-0.2, -0.15) is 5.10 Å². The maximum atomic E-state index is 12.1. The van der Waals surface area contributed by atoms with Gasteiger partial charge in [0.25, 0.3) is 10.0 Å². The van der Waals surface area contributed by atoms with E-state index in [0.717, 1.165) is 0 Å². The Bertz CT molecular complexity index is 467. The average molecular weight is 345 g/mol. The molecule has 1 rings (SSSR count). The van der Waals surface area contributed by atoms with Gasteiger partial charge >= 0.3 is 0 Å². The molecule has 0 aliphatic carbocycles. The summed E-state index contributed by atoms with van der Waals surface area (Å²) in [5, 5.41) is 4.47. The summed E-state index contributed by atoms with van der Waals surface area (Å²) < 4.78 is 28.1. The third kappa shape index (κ3) is 3.43. The Labute approximate surface area is 115 Å². The minimum Gasteiger partial charge on any atom is -0.255 e. The van der Waals surface area contributed by atoms with E-state index < -0.39 is 10.0 Å². The molecular formula is C9H15BrClN3O2S. The van der Waals surface area contributed by atoms with Crippen LogP contribution in [0, 0.1) is 5.92 Å². The second kappa shape index (κ2) is 5.69. The predicted molar refractivity (Wildman–Crippen MR) is 71.0 cm³/mol. The highest BCUT2D eigenvalue weighted by molar-refractivity contribution is 9.09. The molecule has 1 N–H and O–H groups in total. The van der Waals surface area contributed by atoms with E-state index >= 15 is 0 Å². The topological polar surface area (TPSA) is 64.0 Å². The van der Waals surface area contributed by atoms with E-state index in [4.69, 9.17) is 11.6 Å². The summed E-state index contributed by atoms with van der Waals surface area (Å²) in [6.07, 6.45) is 1.31. The van der Waals surface area contributed by atoms with Crippen LogP contribution in [0.5, 0.6) is 0 Å². The SMILES string of the molecule is CC(C)C(CBr)NS(=O)(=O)c1c(Cl)cnn1C. The fraction of sp³-hybridized carbons (Fsp3) is 0.667. The quantitative estimate of drug-likeness (QED) is 0.828. The molecule has 0 saturated heterocycles. The van der Waals surface area contributed by atoms with Crippen LogP contribution >= 0.6 is 27.5 Å². The second-order valence-corrected chi connectivity index (χ2v) is 6.73. The van der Waals surface area contributed by atoms with Crippen molar-refractivity contribution in [3.05, 3.63) is 11.2 Å².